The summed E-state index contributed by atoms with van der Waals surface area (Å²) in [5.74, 6) is -0.795. The molecule has 2 heterocycles. The highest BCUT2D eigenvalue weighted by Gasteiger charge is 2.15. The Morgan fingerprint density at radius 2 is 1.77 bits per heavy atom. The maximum Gasteiger partial charge on any atom is 0.309 e. The molecule has 8 heteroatoms. The normalized spacial score (nSPS) is 10.4. The molecule has 0 aliphatic rings. The lowest BCUT2D eigenvalue weighted by atomic mass is 10.2. The maximum atomic E-state index is 12.0. The molecule has 3 aromatic rings. The third-order valence-corrected chi connectivity index (χ3v) is 2.96. The molecule has 0 bridgehead atoms. The molecule has 2 aromatic heterocycles. The van der Waals surface area contributed by atoms with E-state index in [1.807, 2.05) is 6.92 Å². The number of hydrogen-bond acceptors (Lipinski definition) is 5. The number of nitrogens with one attached hydrogen (secondary N) is 2. The summed E-state index contributed by atoms with van der Waals surface area (Å²) in [6.45, 7) is 1.82. The molecular formula is C14H12N6O2. The number of benzene rings is 1. The average Bonchev–Trinajstić information content (AvgIpc) is 2.99. The van der Waals surface area contributed by atoms with Gasteiger partial charge in [0.05, 0.1) is 0 Å². The summed E-state index contributed by atoms with van der Waals surface area (Å²) in [7, 11) is 0. The van der Waals surface area contributed by atoms with Gasteiger partial charge in [-0.3, -0.25) is 20.4 Å². The van der Waals surface area contributed by atoms with Crippen LogP contribution in [0.3, 0.4) is 0 Å². The van der Waals surface area contributed by atoms with E-state index in [0.29, 0.717) is 11.3 Å². The molecule has 0 radical (unpaired) electrons. The van der Waals surface area contributed by atoms with E-state index in [-0.39, 0.29) is 5.82 Å². The van der Waals surface area contributed by atoms with Crippen molar-refractivity contribution in [2.45, 2.75) is 6.92 Å². The van der Waals surface area contributed by atoms with E-state index >= 15 is 0 Å². The number of amides is 2. The number of hydrazine groups is 1. The van der Waals surface area contributed by atoms with Gasteiger partial charge in [0.1, 0.15) is 0 Å². The molecule has 0 fully saturated rings. The molecule has 0 aliphatic carbocycles. The van der Waals surface area contributed by atoms with Gasteiger partial charge in [-0.25, -0.2) is 9.50 Å². The first-order valence-electron chi connectivity index (χ1n) is 6.49. The number of carbonyl (C=O) groups is 2. The van der Waals surface area contributed by atoms with E-state index in [1.165, 1.54) is 4.52 Å². The van der Waals surface area contributed by atoms with Crippen LogP contribution in [0.15, 0.2) is 42.6 Å². The van der Waals surface area contributed by atoms with Gasteiger partial charge in [-0.2, -0.15) is 4.98 Å². The molecule has 110 valence electrons. The van der Waals surface area contributed by atoms with Gasteiger partial charge in [0.2, 0.25) is 5.82 Å². The minimum Gasteiger partial charge on any atom is -0.267 e. The zero-order chi connectivity index (χ0) is 15.5. The number of aromatic nitrogens is 4. The number of nitrogens with zero attached hydrogens (tertiary/aromatic N) is 4. The highest BCUT2D eigenvalue weighted by atomic mass is 16.2. The summed E-state index contributed by atoms with van der Waals surface area (Å²) in [4.78, 5) is 31.8. The van der Waals surface area contributed by atoms with Crippen LogP contribution in [-0.4, -0.2) is 31.4 Å². The van der Waals surface area contributed by atoms with Gasteiger partial charge in [-0.1, -0.05) is 18.2 Å². The van der Waals surface area contributed by atoms with Crippen LogP contribution in [0.5, 0.6) is 0 Å². The Hall–Kier alpha value is -3.29. The summed E-state index contributed by atoms with van der Waals surface area (Å²) in [5.41, 5.74) is 5.81. The first-order chi connectivity index (χ1) is 10.6. The third-order valence-electron chi connectivity index (χ3n) is 2.96. The average molecular weight is 296 g/mol. The number of fused-ring (bicyclic) bond motifs is 1. The van der Waals surface area contributed by atoms with E-state index in [4.69, 9.17) is 0 Å². The Balaban J connectivity index is 1.71. The zero-order valence-corrected chi connectivity index (χ0v) is 11.6. The van der Waals surface area contributed by atoms with E-state index in [0.717, 1.165) is 5.69 Å². The highest BCUT2D eigenvalue weighted by molar-refractivity contribution is 5.97. The lowest BCUT2D eigenvalue weighted by Crippen LogP contribution is -2.42. The fourth-order valence-electron chi connectivity index (χ4n) is 1.83. The minimum atomic E-state index is -0.616. The molecule has 22 heavy (non-hydrogen) atoms. The van der Waals surface area contributed by atoms with E-state index in [9.17, 15) is 9.59 Å². The third kappa shape index (κ3) is 2.62. The quantitative estimate of drug-likeness (QED) is 0.671. The Morgan fingerprint density at radius 3 is 2.50 bits per heavy atom. The topological polar surface area (TPSA) is 101 Å². The number of hydrogen-bond donors (Lipinski definition) is 2. The first-order valence-corrected chi connectivity index (χ1v) is 6.49. The smallest absolute Gasteiger partial charge is 0.267 e. The van der Waals surface area contributed by atoms with Crippen LogP contribution in [0.4, 0.5) is 0 Å². The lowest BCUT2D eigenvalue weighted by Gasteiger charge is -2.04. The number of carbonyl (C=O) groups excluding carboxylic acids is 2. The van der Waals surface area contributed by atoms with Crippen molar-refractivity contribution in [2.24, 2.45) is 0 Å². The van der Waals surface area contributed by atoms with Gasteiger partial charge in [-0.05, 0) is 25.1 Å². The lowest BCUT2D eigenvalue weighted by molar-refractivity contribution is 0.0841. The molecule has 3 rings (SSSR count). The first kappa shape index (κ1) is 13.7. The van der Waals surface area contributed by atoms with Gasteiger partial charge in [0.25, 0.3) is 11.7 Å². The predicted octanol–water partition coefficient (Wildman–Crippen LogP) is 0.508. The van der Waals surface area contributed by atoms with Crippen LogP contribution in [-0.2, 0) is 0 Å². The maximum absolute atomic E-state index is 12.0. The number of aryl methyl sites for hydroxylation is 1. The van der Waals surface area contributed by atoms with Crippen LogP contribution >= 0.6 is 0 Å². The van der Waals surface area contributed by atoms with Crippen LogP contribution < -0.4 is 10.9 Å². The van der Waals surface area contributed by atoms with Crippen LogP contribution in [0.25, 0.3) is 5.78 Å². The van der Waals surface area contributed by atoms with Crippen molar-refractivity contribution in [3.05, 3.63) is 59.7 Å². The molecule has 8 nitrogen and oxygen atoms in total. The molecule has 0 spiro atoms. The Morgan fingerprint density at radius 1 is 1.05 bits per heavy atom. The van der Waals surface area contributed by atoms with Gasteiger partial charge in [0.15, 0.2) is 0 Å². The Bertz CT molecular complexity index is 843. The zero-order valence-electron chi connectivity index (χ0n) is 11.6. The SMILES string of the molecule is Cc1ccnc2nc(C(=O)NNC(=O)c3ccccc3)nn12. The molecule has 0 unspecified atom stereocenters. The van der Waals surface area contributed by atoms with E-state index in [2.05, 4.69) is 25.9 Å². The van der Waals surface area contributed by atoms with Crippen LogP contribution in [0.2, 0.25) is 0 Å². The second-order valence-corrected chi connectivity index (χ2v) is 4.51. The summed E-state index contributed by atoms with van der Waals surface area (Å²) < 4.78 is 1.45. The Kier molecular flexibility index (Phi) is 3.48. The second-order valence-electron chi connectivity index (χ2n) is 4.51. The number of rotatable bonds is 2. The van der Waals surface area contributed by atoms with Gasteiger partial charge < -0.3 is 0 Å². The van der Waals surface area contributed by atoms with Gasteiger partial charge in [0, 0.05) is 17.5 Å². The second kappa shape index (κ2) is 5.60. The Labute approximate surface area is 125 Å². The highest BCUT2D eigenvalue weighted by Crippen LogP contribution is 2.01. The minimum absolute atomic E-state index is 0.0739. The fraction of sp³-hybridized carbons (Fsp3) is 0.0714. The summed E-state index contributed by atoms with van der Waals surface area (Å²) in [6, 6.07) is 10.3. The molecule has 0 saturated carbocycles. The molecule has 0 saturated heterocycles. The molecule has 2 N–H and O–H groups in total. The van der Waals surface area contributed by atoms with Gasteiger partial charge in [-0.15, -0.1) is 5.10 Å². The van der Waals surface area contributed by atoms with Crippen LogP contribution in [0.1, 0.15) is 26.7 Å². The van der Waals surface area contributed by atoms with Crippen molar-refractivity contribution in [3.63, 3.8) is 0 Å². The largest absolute Gasteiger partial charge is 0.309 e. The molecule has 2 amide bonds. The molecule has 1 aromatic carbocycles. The standard InChI is InChI=1S/C14H12N6O2/c1-9-7-8-15-14-16-11(19-20(9)14)13(22)18-17-12(21)10-5-3-2-4-6-10/h2-8H,1H3,(H,17,21)(H,18,22). The summed E-state index contributed by atoms with van der Waals surface area (Å²) >= 11 is 0. The van der Waals surface area contributed by atoms with Crippen molar-refractivity contribution in [1.29, 1.82) is 0 Å². The van der Waals surface area contributed by atoms with Crippen molar-refractivity contribution in [1.82, 2.24) is 30.4 Å². The van der Waals surface area contributed by atoms with Crippen LogP contribution in [0, 0.1) is 6.92 Å². The van der Waals surface area contributed by atoms with Crippen molar-refractivity contribution in [3.8, 4) is 0 Å². The van der Waals surface area contributed by atoms with E-state index < -0.39 is 11.8 Å². The fourth-order valence-corrected chi connectivity index (χ4v) is 1.83. The van der Waals surface area contributed by atoms with Crippen molar-refractivity contribution >= 4 is 17.6 Å². The molecule has 0 aliphatic heterocycles. The summed E-state index contributed by atoms with van der Waals surface area (Å²) in [6.07, 6.45) is 1.58. The monoisotopic (exact) mass is 296 g/mol. The van der Waals surface area contributed by atoms with E-state index in [1.54, 1.807) is 42.6 Å². The van der Waals surface area contributed by atoms with Gasteiger partial charge >= 0.3 is 5.91 Å². The molecule has 0 atom stereocenters. The van der Waals surface area contributed by atoms with Crippen molar-refractivity contribution in [2.75, 3.05) is 0 Å². The van der Waals surface area contributed by atoms with Crippen molar-refractivity contribution < 1.29 is 9.59 Å². The predicted molar refractivity (Wildman–Crippen MR) is 76.9 cm³/mol. The molecular weight excluding hydrogens is 284 g/mol. The summed E-state index contributed by atoms with van der Waals surface area (Å²) in [5, 5.41) is 4.04.